The van der Waals surface area contributed by atoms with E-state index in [1.165, 1.54) is 0 Å². The molecule has 0 aromatic heterocycles. The Morgan fingerprint density at radius 1 is 1.32 bits per heavy atom. The van der Waals surface area contributed by atoms with Gasteiger partial charge in [-0.05, 0) is 31.7 Å². The van der Waals surface area contributed by atoms with Crippen molar-refractivity contribution in [1.82, 2.24) is 5.32 Å². The van der Waals surface area contributed by atoms with Crippen molar-refractivity contribution in [3.63, 3.8) is 0 Å². The molecule has 0 amide bonds. The van der Waals surface area contributed by atoms with Gasteiger partial charge in [0.1, 0.15) is 0 Å². The molecule has 1 atom stereocenters. The zero-order valence-electron chi connectivity index (χ0n) is 12.1. The molecule has 0 heterocycles. The number of para-hydroxylation sites is 1. The largest absolute Gasteiger partial charge is 0.314 e. The van der Waals surface area contributed by atoms with Gasteiger partial charge in [0.05, 0.1) is 4.92 Å². The lowest BCUT2D eigenvalue weighted by atomic mass is 9.97. The summed E-state index contributed by atoms with van der Waals surface area (Å²) in [5, 5.41) is 14.4. The van der Waals surface area contributed by atoms with E-state index in [0.717, 1.165) is 31.4 Å². The first kappa shape index (κ1) is 15.6. The van der Waals surface area contributed by atoms with E-state index in [2.05, 4.69) is 26.1 Å². The van der Waals surface area contributed by atoms with Crippen molar-refractivity contribution in [1.29, 1.82) is 0 Å². The van der Waals surface area contributed by atoms with Crippen LogP contribution in [-0.2, 0) is 6.42 Å². The van der Waals surface area contributed by atoms with Crippen molar-refractivity contribution in [2.75, 3.05) is 6.54 Å². The number of nitrogens with zero attached hydrogens (tertiary/aromatic N) is 1. The highest BCUT2D eigenvalue weighted by Gasteiger charge is 2.15. The summed E-state index contributed by atoms with van der Waals surface area (Å²) in [6.45, 7) is 7.44. The van der Waals surface area contributed by atoms with Crippen LogP contribution in [0.1, 0.15) is 39.2 Å². The van der Waals surface area contributed by atoms with Crippen LogP contribution < -0.4 is 5.32 Å². The maximum atomic E-state index is 11.0. The summed E-state index contributed by atoms with van der Waals surface area (Å²) in [4.78, 5) is 10.7. The molecule has 0 aliphatic heterocycles. The molecule has 0 fully saturated rings. The fourth-order valence-electron chi connectivity index (χ4n) is 2.39. The second-order valence-corrected chi connectivity index (χ2v) is 5.31. The van der Waals surface area contributed by atoms with E-state index in [1.807, 2.05) is 12.1 Å². The predicted octanol–water partition coefficient (Wildman–Crippen LogP) is 3.55. The summed E-state index contributed by atoms with van der Waals surface area (Å²) in [5.41, 5.74) is 1.07. The Labute approximate surface area is 115 Å². The standard InChI is InChI=1S/C15H24N2O2/c1-4-16-14(11-12(2)3)10-9-13-7-5-6-8-15(13)17(18)19/h5-8,12,14,16H,4,9-11H2,1-3H3. The Morgan fingerprint density at radius 2 is 2.00 bits per heavy atom. The molecule has 0 bridgehead atoms. The van der Waals surface area contributed by atoms with Crippen molar-refractivity contribution in [2.24, 2.45) is 5.92 Å². The summed E-state index contributed by atoms with van der Waals surface area (Å²) in [7, 11) is 0. The van der Waals surface area contributed by atoms with Crippen LogP contribution in [0, 0.1) is 16.0 Å². The topological polar surface area (TPSA) is 55.2 Å². The van der Waals surface area contributed by atoms with E-state index in [-0.39, 0.29) is 10.6 Å². The van der Waals surface area contributed by atoms with Crippen LogP contribution in [0.5, 0.6) is 0 Å². The molecule has 4 heteroatoms. The van der Waals surface area contributed by atoms with E-state index < -0.39 is 0 Å². The lowest BCUT2D eigenvalue weighted by Crippen LogP contribution is -2.30. The first-order valence-corrected chi connectivity index (χ1v) is 7.00. The highest BCUT2D eigenvalue weighted by Crippen LogP contribution is 2.20. The number of nitrogens with one attached hydrogen (secondary N) is 1. The molecule has 0 aliphatic carbocycles. The fraction of sp³-hybridized carbons (Fsp3) is 0.600. The van der Waals surface area contributed by atoms with Crippen molar-refractivity contribution in [3.8, 4) is 0 Å². The number of rotatable bonds is 8. The van der Waals surface area contributed by atoms with Crippen molar-refractivity contribution in [3.05, 3.63) is 39.9 Å². The van der Waals surface area contributed by atoms with Crippen LogP contribution >= 0.6 is 0 Å². The minimum atomic E-state index is -0.292. The van der Waals surface area contributed by atoms with Crippen LogP contribution in [0.25, 0.3) is 0 Å². The molecular weight excluding hydrogens is 240 g/mol. The van der Waals surface area contributed by atoms with Gasteiger partial charge in [-0.2, -0.15) is 0 Å². The van der Waals surface area contributed by atoms with E-state index in [9.17, 15) is 10.1 Å². The summed E-state index contributed by atoms with van der Waals surface area (Å²) >= 11 is 0. The van der Waals surface area contributed by atoms with Gasteiger partial charge in [-0.25, -0.2) is 0 Å². The van der Waals surface area contributed by atoms with Crippen LogP contribution in [0.2, 0.25) is 0 Å². The van der Waals surface area contributed by atoms with E-state index in [0.29, 0.717) is 12.0 Å². The van der Waals surface area contributed by atoms with Gasteiger partial charge in [-0.3, -0.25) is 10.1 Å². The van der Waals surface area contributed by atoms with E-state index in [1.54, 1.807) is 12.1 Å². The summed E-state index contributed by atoms with van der Waals surface area (Å²) in [6.07, 6.45) is 2.80. The van der Waals surface area contributed by atoms with Crippen LogP contribution in [-0.4, -0.2) is 17.5 Å². The third kappa shape index (κ3) is 5.39. The van der Waals surface area contributed by atoms with Gasteiger partial charge < -0.3 is 5.32 Å². The Balaban J connectivity index is 2.65. The van der Waals surface area contributed by atoms with Crippen LogP contribution in [0.3, 0.4) is 0 Å². The van der Waals surface area contributed by atoms with Crippen molar-refractivity contribution >= 4 is 5.69 Å². The minimum absolute atomic E-state index is 0.238. The van der Waals surface area contributed by atoms with Gasteiger partial charge in [0.2, 0.25) is 0 Å². The first-order chi connectivity index (χ1) is 9.04. The Morgan fingerprint density at radius 3 is 2.58 bits per heavy atom. The molecule has 0 aliphatic rings. The zero-order valence-corrected chi connectivity index (χ0v) is 12.1. The van der Waals surface area contributed by atoms with Crippen LogP contribution in [0.4, 0.5) is 5.69 Å². The normalized spacial score (nSPS) is 12.6. The van der Waals surface area contributed by atoms with Crippen molar-refractivity contribution in [2.45, 2.75) is 46.1 Å². The Bertz CT molecular complexity index is 405. The monoisotopic (exact) mass is 264 g/mol. The molecule has 0 saturated carbocycles. The number of aryl methyl sites for hydroxylation is 1. The Kier molecular flexibility index (Phi) is 6.50. The SMILES string of the molecule is CCNC(CCc1ccccc1[N+](=O)[O-])CC(C)C. The second-order valence-electron chi connectivity index (χ2n) is 5.31. The molecule has 1 aromatic rings. The quantitative estimate of drug-likeness (QED) is 0.577. The summed E-state index contributed by atoms with van der Waals surface area (Å²) < 4.78 is 0. The molecule has 1 N–H and O–H groups in total. The summed E-state index contributed by atoms with van der Waals surface area (Å²) in [5.74, 6) is 0.634. The van der Waals surface area contributed by atoms with Crippen LogP contribution in [0.15, 0.2) is 24.3 Å². The van der Waals surface area contributed by atoms with E-state index >= 15 is 0 Å². The van der Waals surface area contributed by atoms with Gasteiger partial charge in [0.25, 0.3) is 5.69 Å². The molecule has 0 spiro atoms. The first-order valence-electron chi connectivity index (χ1n) is 7.00. The molecule has 1 unspecified atom stereocenters. The smallest absolute Gasteiger partial charge is 0.272 e. The van der Waals surface area contributed by atoms with Gasteiger partial charge in [0.15, 0.2) is 0 Å². The molecule has 1 rings (SSSR count). The predicted molar refractivity (Wildman–Crippen MR) is 78.3 cm³/mol. The average Bonchev–Trinajstić information content (AvgIpc) is 2.36. The fourth-order valence-corrected chi connectivity index (χ4v) is 2.39. The zero-order chi connectivity index (χ0) is 14.3. The lowest BCUT2D eigenvalue weighted by molar-refractivity contribution is -0.385. The third-order valence-electron chi connectivity index (χ3n) is 3.20. The maximum absolute atomic E-state index is 11.0. The molecule has 4 nitrogen and oxygen atoms in total. The average molecular weight is 264 g/mol. The number of nitro benzene ring substituents is 1. The van der Waals surface area contributed by atoms with Gasteiger partial charge >= 0.3 is 0 Å². The molecule has 106 valence electrons. The van der Waals surface area contributed by atoms with Gasteiger partial charge in [-0.15, -0.1) is 0 Å². The number of nitro groups is 1. The molecule has 0 saturated heterocycles. The maximum Gasteiger partial charge on any atom is 0.272 e. The second kappa shape index (κ2) is 7.89. The lowest BCUT2D eigenvalue weighted by Gasteiger charge is -2.19. The summed E-state index contributed by atoms with van der Waals surface area (Å²) in [6, 6.07) is 7.46. The van der Waals surface area contributed by atoms with E-state index in [4.69, 9.17) is 0 Å². The third-order valence-corrected chi connectivity index (χ3v) is 3.20. The minimum Gasteiger partial charge on any atom is -0.314 e. The molecule has 0 radical (unpaired) electrons. The van der Waals surface area contributed by atoms with Gasteiger partial charge in [0, 0.05) is 17.7 Å². The van der Waals surface area contributed by atoms with Gasteiger partial charge in [-0.1, -0.05) is 39.0 Å². The number of benzene rings is 1. The highest BCUT2D eigenvalue weighted by atomic mass is 16.6. The Hall–Kier alpha value is -1.42. The highest BCUT2D eigenvalue weighted by molar-refractivity contribution is 5.39. The number of hydrogen-bond donors (Lipinski definition) is 1. The number of hydrogen-bond acceptors (Lipinski definition) is 3. The molecule has 19 heavy (non-hydrogen) atoms. The molecular formula is C15H24N2O2. The molecule has 1 aromatic carbocycles. The van der Waals surface area contributed by atoms with Crippen molar-refractivity contribution < 1.29 is 4.92 Å².